The summed E-state index contributed by atoms with van der Waals surface area (Å²) in [4.78, 5) is 10.8. The van der Waals surface area contributed by atoms with E-state index in [2.05, 4.69) is 4.72 Å². The van der Waals surface area contributed by atoms with Crippen molar-refractivity contribution in [2.24, 2.45) is 5.92 Å². The fourth-order valence-corrected chi connectivity index (χ4v) is 1.72. The second-order valence-electron chi connectivity index (χ2n) is 4.56. The van der Waals surface area contributed by atoms with Crippen molar-refractivity contribution in [2.75, 3.05) is 0 Å². The molecule has 0 aromatic heterocycles. The van der Waals surface area contributed by atoms with Gasteiger partial charge < -0.3 is 5.11 Å². The predicted octanol–water partition coefficient (Wildman–Crippen LogP) is 1.15. The molecular formula is C9H19NO3S. The minimum Gasteiger partial charge on any atom is -0.480 e. The van der Waals surface area contributed by atoms with E-state index in [9.17, 15) is 9.00 Å². The summed E-state index contributed by atoms with van der Waals surface area (Å²) in [6, 6.07) is -0.755. The summed E-state index contributed by atoms with van der Waals surface area (Å²) in [5, 5.41) is 8.86. The van der Waals surface area contributed by atoms with Gasteiger partial charge in [0.1, 0.15) is 6.04 Å². The van der Waals surface area contributed by atoms with Crippen LogP contribution in [0.1, 0.15) is 34.6 Å². The first-order valence-electron chi connectivity index (χ1n) is 4.57. The number of carbonyl (C=O) groups is 1. The normalized spacial score (nSPS) is 16.7. The zero-order valence-electron chi connectivity index (χ0n) is 9.33. The molecule has 0 radical (unpaired) electrons. The second kappa shape index (κ2) is 4.89. The summed E-state index contributed by atoms with van der Waals surface area (Å²) in [6.45, 7) is 8.97. The molecule has 0 saturated carbocycles. The standard InChI is InChI=1S/C9H19NO3S/c1-6(2)7(8(11)12)10-14(13)9(3,4)5/h6-7,10H,1-5H3,(H,11,12)/t7-,14-/m1/s1. The van der Waals surface area contributed by atoms with Gasteiger partial charge >= 0.3 is 5.97 Å². The molecule has 0 aromatic carbocycles. The molecule has 2 N–H and O–H groups in total. The van der Waals surface area contributed by atoms with Crippen molar-refractivity contribution in [3.8, 4) is 0 Å². The predicted molar refractivity (Wildman–Crippen MR) is 57.3 cm³/mol. The highest BCUT2D eigenvalue weighted by Crippen LogP contribution is 2.11. The molecule has 84 valence electrons. The van der Waals surface area contributed by atoms with E-state index in [1.165, 1.54) is 0 Å². The van der Waals surface area contributed by atoms with E-state index < -0.39 is 27.7 Å². The van der Waals surface area contributed by atoms with Crippen LogP contribution in [-0.2, 0) is 15.8 Å². The molecule has 0 aromatic rings. The largest absolute Gasteiger partial charge is 0.480 e. The Labute approximate surface area is 87.7 Å². The Morgan fingerprint density at radius 1 is 1.36 bits per heavy atom. The SMILES string of the molecule is CC(C)[C@@H](N[S@](=O)C(C)(C)C)C(=O)O. The molecule has 0 aliphatic heterocycles. The molecule has 0 saturated heterocycles. The summed E-state index contributed by atoms with van der Waals surface area (Å²) in [7, 11) is -1.34. The lowest BCUT2D eigenvalue weighted by molar-refractivity contribution is -0.140. The summed E-state index contributed by atoms with van der Waals surface area (Å²) in [5.41, 5.74) is 0. The first-order chi connectivity index (χ1) is 6.16. The van der Waals surface area contributed by atoms with Crippen LogP contribution in [0.15, 0.2) is 0 Å². The summed E-state index contributed by atoms with van der Waals surface area (Å²) < 4.78 is 13.8. The Bertz CT molecular complexity index is 233. The molecule has 5 heteroatoms. The molecule has 0 aliphatic rings. The number of hydrogen-bond acceptors (Lipinski definition) is 2. The highest BCUT2D eigenvalue weighted by Gasteiger charge is 2.28. The van der Waals surface area contributed by atoms with Gasteiger partial charge in [0.2, 0.25) is 0 Å². The Kier molecular flexibility index (Phi) is 4.74. The van der Waals surface area contributed by atoms with E-state index in [1.807, 2.05) is 0 Å². The van der Waals surface area contributed by atoms with E-state index >= 15 is 0 Å². The van der Waals surface area contributed by atoms with Gasteiger partial charge in [0, 0.05) is 0 Å². The molecule has 0 aliphatic carbocycles. The van der Waals surface area contributed by atoms with Crippen LogP contribution in [0, 0.1) is 5.92 Å². The lowest BCUT2D eigenvalue weighted by Gasteiger charge is -2.23. The minimum absolute atomic E-state index is 0.0844. The zero-order chi connectivity index (χ0) is 11.5. The molecule has 0 spiro atoms. The average Bonchev–Trinajstić information content (AvgIpc) is 1.96. The minimum atomic E-state index is -1.34. The van der Waals surface area contributed by atoms with Crippen molar-refractivity contribution in [3.05, 3.63) is 0 Å². The number of rotatable bonds is 4. The fourth-order valence-electron chi connectivity index (χ4n) is 0.764. The third-order valence-electron chi connectivity index (χ3n) is 1.72. The highest BCUT2D eigenvalue weighted by atomic mass is 32.2. The van der Waals surface area contributed by atoms with Gasteiger partial charge in [0.05, 0.1) is 15.7 Å². The lowest BCUT2D eigenvalue weighted by Crippen LogP contribution is -2.46. The van der Waals surface area contributed by atoms with Crippen LogP contribution in [0.3, 0.4) is 0 Å². The van der Waals surface area contributed by atoms with Gasteiger partial charge in [-0.05, 0) is 26.7 Å². The first kappa shape index (κ1) is 13.6. The lowest BCUT2D eigenvalue weighted by atomic mass is 10.1. The van der Waals surface area contributed by atoms with Gasteiger partial charge in [-0.15, -0.1) is 0 Å². The number of aliphatic carboxylic acids is 1. The molecule has 0 amide bonds. The number of carboxylic acids is 1. The van der Waals surface area contributed by atoms with Crippen LogP contribution in [0.5, 0.6) is 0 Å². The quantitative estimate of drug-likeness (QED) is 0.748. The van der Waals surface area contributed by atoms with E-state index in [0.717, 1.165) is 0 Å². The van der Waals surface area contributed by atoms with Crippen LogP contribution >= 0.6 is 0 Å². The molecule has 4 nitrogen and oxygen atoms in total. The van der Waals surface area contributed by atoms with Gasteiger partial charge in [0.15, 0.2) is 0 Å². The van der Waals surface area contributed by atoms with Gasteiger partial charge in [-0.3, -0.25) is 4.79 Å². The van der Waals surface area contributed by atoms with Crippen LogP contribution in [0.4, 0.5) is 0 Å². The molecule has 2 atom stereocenters. The maximum Gasteiger partial charge on any atom is 0.321 e. The van der Waals surface area contributed by atoms with Gasteiger partial charge in [-0.2, -0.15) is 0 Å². The van der Waals surface area contributed by atoms with Crippen LogP contribution in [-0.4, -0.2) is 26.1 Å². The maximum atomic E-state index is 11.6. The third kappa shape index (κ3) is 4.19. The van der Waals surface area contributed by atoms with Crippen molar-refractivity contribution in [1.82, 2.24) is 4.72 Å². The average molecular weight is 221 g/mol. The van der Waals surface area contributed by atoms with Gasteiger partial charge in [-0.25, -0.2) is 8.93 Å². The Balaban J connectivity index is 4.48. The van der Waals surface area contributed by atoms with Crippen LogP contribution < -0.4 is 4.72 Å². The van der Waals surface area contributed by atoms with Crippen molar-refractivity contribution >= 4 is 17.0 Å². The van der Waals surface area contributed by atoms with Crippen molar-refractivity contribution in [2.45, 2.75) is 45.4 Å². The number of nitrogens with one attached hydrogen (secondary N) is 1. The van der Waals surface area contributed by atoms with Crippen molar-refractivity contribution in [3.63, 3.8) is 0 Å². The summed E-state index contributed by atoms with van der Waals surface area (Å²) in [6.07, 6.45) is 0. The summed E-state index contributed by atoms with van der Waals surface area (Å²) in [5.74, 6) is -1.04. The van der Waals surface area contributed by atoms with Gasteiger partial charge in [-0.1, -0.05) is 13.8 Å². The highest BCUT2D eigenvalue weighted by molar-refractivity contribution is 7.84. The summed E-state index contributed by atoms with van der Waals surface area (Å²) >= 11 is 0. The monoisotopic (exact) mass is 221 g/mol. The third-order valence-corrected chi connectivity index (χ3v) is 3.30. The van der Waals surface area contributed by atoms with E-state index in [-0.39, 0.29) is 5.92 Å². The number of carboxylic acid groups (broad SMARTS) is 1. The maximum absolute atomic E-state index is 11.6. The molecular weight excluding hydrogens is 202 g/mol. The number of hydrogen-bond donors (Lipinski definition) is 2. The molecule has 0 unspecified atom stereocenters. The molecule has 0 bridgehead atoms. The Morgan fingerprint density at radius 2 is 1.79 bits per heavy atom. The van der Waals surface area contributed by atoms with Crippen molar-refractivity contribution < 1.29 is 14.1 Å². The topological polar surface area (TPSA) is 66.4 Å². The second-order valence-corrected chi connectivity index (χ2v) is 6.56. The zero-order valence-corrected chi connectivity index (χ0v) is 10.1. The molecule has 14 heavy (non-hydrogen) atoms. The van der Waals surface area contributed by atoms with Gasteiger partial charge in [0.25, 0.3) is 0 Å². The Hall–Kier alpha value is -0.420. The Morgan fingerprint density at radius 3 is 2.00 bits per heavy atom. The fraction of sp³-hybridized carbons (Fsp3) is 0.889. The first-order valence-corrected chi connectivity index (χ1v) is 5.72. The van der Waals surface area contributed by atoms with Crippen LogP contribution in [0.25, 0.3) is 0 Å². The molecule has 0 fully saturated rings. The van der Waals surface area contributed by atoms with Crippen LogP contribution in [0.2, 0.25) is 0 Å². The van der Waals surface area contributed by atoms with Crippen molar-refractivity contribution in [1.29, 1.82) is 0 Å². The molecule has 0 rings (SSSR count). The van der Waals surface area contributed by atoms with E-state index in [4.69, 9.17) is 5.11 Å². The molecule has 0 heterocycles. The smallest absolute Gasteiger partial charge is 0.321 e. The van der Waals surface area contributed by atoms with E-state index in [0.29, 0.717) is 0 Å². The van der Waals surface area contributed by atoms with E-state index in [1.54, 1.807) is 34.6 Å².